The van der Waals surface area contributed by atoms with Gasteiger partial charge >= 0.3 is 70.8 Å². The molecule has 0 saturated carbocycles. The second kappa shape index (κ2) is 12.2. The molecule has 0 saturated heterocycles. The quantitative estimate of drug-likeness (QED) is 0.137. The fraction of sp³-hybridized carbons (Fsp3) is 0.314. The minimum atomic E-state index is -0.122. The van der Waals surface area contributed by atoms with Crippen molar-refractivity contribution in [2.75, 3.05) is 0 Å². The molecule has 0 radical (unpaired) electrons. The maximum absolute atomic E-state index is 2.35. The van der Waals surface area contributed by atoms with E-state index in [1.807, 2.05) is 0 Å². The number of aryl methyl sites for hydroxylation is 2. The van der Waals surface area contributed by atoms with Crippen LogP contribution in [-0.4, -0.2) is 5.43 Å². The summed E-state index contributed by atoms with van der Waals surface area (Å²) in [4.78, 5) is 0. The van der Waals surface area contributed by atoms with Crippen LogP contribution < -0.4 is 5.19 Å². The average Bonchev–Trinajstić information content (AvgIpc) is 3.38. The summed E-state index contributed by atoms with van der Waals surface area (Å²) in [6.45, 7) is 20.2. The fourth-order valence-corrected chi connectivity index (χ4v) is 6.27. The van der Waals surface area contributed by atoms with Gasteiger partial charge in [0.25, 0.3) is 0 Å². The van der Waals surface area contributed by atoms with Crippen molar-refractivity contribution in [2.45, 2.75) is 72.8 Å². The van der Waals surface area contributed by atoms with Crippen molar-refractivity contribution < 1.29 is 23.3 Å². The van der Waals surface area contributed by atoms with Crippen molar-refractivity contribution in [1.82, 2.24) is 0 Å². The monoisotopic (exact) mass is 580 g/mol. The molecule has 190 valence electrons. The second-order valence-corrected chi connectivity index (χ2v) is 19.6. The first-order valence-corrected chi connectivity index (χ1v) is 18.9. The van der Waals surface area contributed by atoms with Crippen LogP contribution in [0.15, 0.2) is 91.0 Å². The van der Waals surface area contributed by atoms with Crippen LogP contribution in [0.25, 0.3) is 21.5 Å². The van der Waals surface area contributed by atoms with Crippen molar-refractivity contribution in [3.05, 3.63) is 113 Å². The zero-order valence-electron chi connectivity index (χ0n) is 24.2. The third kappa shape index (κ3) is 8.49. The van der Waals surface area contributed by atoms with Crippen molar-refractivity contribution in [3.8, 4) is 0 Å². The summed E-state index contributed by atoms with van der Waals surface area (Å²) in [5.41, 5.74) is 5.91. The van der Waals surface area contributed by atoms with Gasteiger partial charge in [0.2, 0.25) is 0 Å². The standard InChI is InChI=1S/2C14H17.C7H8Si.Zr/c2*1-10-7-11-5-6-13(14(2,3)4)9-12(11)8-10;1-8-7-5-3-2-4-6-7;/h2*5-9H,1-4H3;2-6H,1H3;/q2*-1;;+2. The van der Waals surface area contributed by atoms with Crippen LogP contribution in [-0.2, 0) is 34.2 Å². The first kappa shape index (κ1) is 29.5. The van der Waals surface area contributed by atoms with Gasteiger partial charge in [-0.25, -0.2) is 0 Å². The van der Waals surface area contributed by atoms with Gasteiger partial charge in [-0.2, -0.15) is 12.1 Å². The van der Waals surface area contributed by atoms with Crippen LogP contribution >= 0.6 is 0 Å². The molecular weight excluding hydrogens is 540 g/mol. The molecule has 0 aromatic heterocycles. The van der Waals surface area contributed by atoms with E-state index >= 15 is 0 Å². The Kier molecular flexibility index (Phi) is 9.76. The molecule has 0 aliphatic carbocycles. The largest absolute Gasteiger partial charge is 0.165 e. The first-order valence-electron chi connectivity index (χ1n) is 13.2. The number of fused-ring (bicyclic) bond motifs is 2. The summed E-state index contributed by atoms with van der Waals surface area (Å²) in [6, 6.07) is 33.3. The topological polar surface area (TPSA) is 0 Å². The molecule has 5 aromatic rings. The summed E-state index contributed by atoms with van der Waals surface area (Å²) in [7, 11) is 0. The predicted octanol–water partition coefficient (Wildman–Crippen LogP) is 9.39. The van der Waals surface area contributed by atoms with Crippen molar-refractivity contribution >= 4 is 32.2 Å². The van der Waals surface area contributed by atoms with E-state index in [0.29, 0.717) is 0 Å². The minimum absolute atomic E-state index is 0.122. The van der Waals surface area contributed by atoms with E-state index in [4.69, 9.17) is 0 Å². The molecule has 0 fully saturated rings. The van der Waals surface area contributed by atoms with E-state index in [1.54, 1.807) is 28.5 Å². The molecular formula is C35H42SiZr. The van der Waals surface area contributed by atoms with E-state index in [1.165, 1.54) is 43.8 Å². The van der Waals surface area contributed by atoms with Gasteiger partial charge in [-0.3, -0.25) is 0 Å². The molecule has 2 heteroatoms. The van der Waals surface area contributed by atoms with E-state index in [2.05, 4.69) is 153 Å². The van der Waals surface area contributed by atoms with Gasteiger partial charge in [-0.1, -0.05) is 66.5 Å². The van der Waals surface area contributed by atoms with Gasteiger partial charge in [0.15, 0.2) is 0 Å². The molecule has 0 aliphatic rings. The van der Waals surface area contributed by atoms with E-state index in [0.717, 1.165) is 0 Å². The van der Waals surface area contributed by atoms with Crippen molar-refractivity contribution in [3.63, 3.8) is 0 Å². The molecule has 0 atom stereocenters. The van der Waals surface area contributed by atoms with Crippen LogP contribution in [0.3, 0.4) is 0 Å². The summed E-state index contributed by atoms with van der Waals surface area (Å²) in [6.07, 6.45) is 0. The van der Waals surface area contributed by atoms with Crippen LogP contribution in [0.1, 0.15) is 63.8 Å². The van der Waals surface area contributed by atoms with Gasteiger partial charge in [0, 0.05) is 0 Å². The van der Waals surface area contributed by atoms with Crippen LogP contribution in [0, 0.1) is 13.8 Å². The number of hydrogen-bond donors (Lipinski definition) is 0. The normalized spacial score (nSPS) is 11.5. The zero-order valence-corrected chi connectivity index (χ0v) is 27.6. The second-order valence-electron chi connectivity index (χ2n) is 12.2. The molecule has 0 spiro atoms. The van der Waals surface area contributed by atoms with Gasteiger partial charge in [-0.15, -0.1) is 81.2 Å². The minimum Gasteiger partial charge on any atom is -0.165 e. The van der Waals surface area contributed by atoms with E-state index in [-0.39, 0.29) is 16.3 Å². The van der Waals surface area contributed by atoms with Gasteiger partial charge < -0.3 is 0 Å². The summed E-state index contributed by atoms with van der Waals surface area (Å²) in [5.74, 6) is 0. The number of hydrogen-bond acceptors (Lipinski definition) is 0. The molecule has 0 N–H and O–H groups in total. The van der Waals surface area contributed by atoms with Crippen LogP contribution in [0.4, 0.5) is 0 Å². The third-order valence-corrected chi connectivity index (χ3v) is 9.97. The summed E-state index contributed by atoms with van der Waals surface area (Å²) >= 11 is 1.69. The maximum atomic E-state index is 2.35. The Labute approximate surface area is 240 Å². The Hall–Kier alpha value is -2.02. The fourth-order valence-electron chi connectivity index (χ4n) is 4.35. The molecule has 0 amide bonds. The third-order valence-electron chi connectivity index (χ3n) is 6.65. The molecule has 0 unspecified atom stereocenters. The molecule has 0 aliphatic heterocycles. The molecule has 37 heavy (non-hydrogen) atoms. The smallest absolute Gasteiger partial charge is 0.0148 e. The van der Waals surface area contributed by atoms with Crippen LogP contribution in [0.5, 0.6) is 0 Å². The Balaban J connectivity index is 0.000000159. The summed E-state index contributed by atoms with van der Waals surface area (Å²) < 4.78 is 0. The van der Waals surface area contributed by atoms with Crippen molar-refractivity contribution in [2.24, 2.45) is 0 Å². The Morgan fingerprint density at radius 1 is 0.595 bits per heavy atom. The number of rotatable bonds is 1. The Morgan fingerprint density at radius 2 is 1.00 bits per heavy atom. The van der Waals surface area contributed by atoms with Crippen LogP contribution in [0.2, 0.25) is 6.55 Å². The number of benzene rings is 3. The molecule has 0 nitrogen and oxygen atoms in total. The first-order chi connectivity index (χ1) is 17.2. The Morgan fingerprint density at radius 3 is 1.32 bits per heavy atom. The van der Waals surface area contributed by atoms with Crippen molar-refractivity contribution in [1.29, 1.82) is 0 Å². The molecule has 0 heterocycles. The SMILES string of the molecule is C[Si](=[Zr+2])c1ccccc1.Cc1cc2cc(C(C)(C)C)ccc2[cH-]1.Cc1cc2cc(C(C)(C)C)ccc2[cH-]1. The maximum Gasteiger partial charge on any atom is -0.0148 e. The van der Waals surface area contributed by atoms with E-state index in [9.17, 15) is 0 Å². The molecule has 5 rings (SSSR count). The Bertz CT molecular complexity index is 1380. The zero-order chi connectivity index (χ0) is 27.4. The molecule has 5 aromatic carbocycles. The van der Waals surface area contributed by atoms with E-state index < -0.39 is 0 Å². The van der Waals surface area contributed by atoms with Gasteiger partial charge in [0.1, 0.15) is 0 Å². The predicted molar refractivity (Wildman–Crippen MR) is 164 cm³/mol. The molecule has 0 bridgehead atoms. The summed E-state index contributed by atoms with van der Waals surface area (Å²) in [5, 5.41) is 7.01. The van der Waals surface area contributed by atoms with Gasteiger partial charge in [0.05, 0.1) is 0 Å². The van der Waals surface area contributed by atoms with Gasteiger partial charge in [-0.05, 0) is 10.8 Å². The average molecular weight is 582 g/mol.